The van der Waals surface area contributed by atoms with Crippen molar-refractivity contribution in [1.82, 2.24) is 19.6 Å². The third-order valence-electron chi connectivity index (χ3n) is 6.41. The highest BCUT2D eigenvalue weighted by Gasteiger charge is 2.35. The third kappa shape index (κ3) is 7.13. The van der Waals surface area contributed by atoms with Gasteiger partial charge in [0.25, 0.3) is 0 Å². The summed E-state index contributed by atoms with van der Waals surface area (Å²) >= 11 is 0. The van der Waals surface area contributed by atoms with E-state index in [1.54, 1.807) is 15.9 Å². The maximum Gasteiger partial charge on any atom is 0.322 e. The van der Waals surface area contributed by atoms with Crippen LogP contribution < -0.4 is 0 Å². The van der Waals surface area contributed by atoms with Crippen molar-refractivity contribution in [2.75, 3.05) is 39.3 Å². The smallest absolute Gasteiger partial charge is 0.322 e. The lowest BCUT2D eigenvalue weighted by molar-refractivity contribution is -0.148. The average molecular weight is 465 g/mol. The van der Waals surface area contributed by atoms with Crippen molar-refractivity contribution in [3.05, 3.63) is 24.8 Å². The number of carbonyl (C=O) groups excluding carboxylic acids is 2. The van der Waals surface area contributed by atoms with Gasteiger partial charge in [-0.15, -0.1) is 0 Å². The summed E-state index contributed by atoms with van der Waals surface area (Å²) < 4.78 is 0. The molecule has 3 unspecified atom stereocenters. The average Bonchev–Trinajstić information content (AvgIpc) is 2.77. The standard InChI is InChI=1S/C23H36N4O6/c1-5-20(28)24-10-12-27(18(14-24)13-22(30)31)17(4)7-6-8-21(29)25-9-11-26(16(2)3)19(15-25)23(32)33/h5-6,8,16-19H,1,7,9-15H2,2-4H3,(H,30,31)(H,32,33)/b8-6-. The molecule has 184 valence electrons. The van der Waals surface area contributed by atoms with Crippen LogP contribution in [0.1, 0.15) is 33.6 Å². The lowest BCUT2D eigenvalue weighted by Crippen LogP contribution is -2.59. The molecule has 0 saturated carbocycles. The molecule has 0 spiro atoms. The molecule has 0 aromatic carbocycles. The van der Waals surface area contributed by atoms with Crippen LogP contribution in [0.2, 0.25) is 0 Å². The van der Waals surface area contributed by atoms with Gasteiger partial charge in [-0.3, -0.25) is 29.0 Å². The zero-order valence-corrected chi connectivity index (χ0v) is 19.7. The molecule has 0 aromatic heterocycles. The Bertz CT molecular complexity index is 783. The van der Waals surface area contributed by atoms with Gasteiger partial charge in [-0.25, -0.2) is 0 Å². The molecule has 33 heavy (non-hydrogen) atoms. The molecule has 2 fully saturated rings. The van der Waals surface area contributed by atoms with Crippen LogP contribution in [0.15, 0.2) is 24.8 Å². The Balaban J connectivity index is 1.96. The van der Waals surface area contributed by atoms with E-state index in [4.69, 9.17) is 0 Å². The number of rotatable bonds is 9. The predicted molar refractivity (Wildman–Crippen MR) is 123 cm³/mol. The molecule has 10 nitrogen and oxygen atoms in total. The summed E-state index contributed by atoms with van der Waals surface area (Å²) in [4.78, 5) is 54.7. The Kier molecular flexibility index (Phi) is 9.60. The number of hydrogen-bond acceptors (Lipinski definition) is 6. The number of amides is 2. The number of nitrogens with zero attached hydrogens (tertiary/aromatic N) is 4. The fourth-order valence-corrected chi connectivity index (χ4v) is 4.60. The van der Waals surface area contributed by atoms with Crippen LogP contribution in [0.25, 0.3) is 0 Å². The van der Waals surface area contributed by atoms with Gasteiger partial charge in [0, 0.05) is 57.4 Å². The Morgan fingerprint density at radius 2 is 1.55 bits per heavy atom. The number of piperazine rings is 2. The highest BCUT2D eigenvalue weighted by Crippen LogP contribution is 2.19. The zero-order valence-electron chi connectivity index (χ0n) is 19.7. The highest BCUT2D eigenvalue weighted by molar-refractivity contribution is 5.88. The lowest BCUT2D eigenvalue weighted by atomic mass is 10.0. The van der Waals surface area contributed by atoms with Gasteiger partial charge in [0.05, 0.1) is 6.42 Å². The van der Waals surface area contributed by atoms with Gasteiger partial charge in [-0.1, -0.05) is 12.7 Å². The Hall–Kier alpha value is -2.72. The van der Waals surface area contributed by atoms with E-state index in [2.05, 4.69) is 11.5 Å². The fraction of sp³-hybridized carbons (Fsp3) is 0.652. The van der Waals surface area contributed by atoms with E-state index < -0.39 is 18.0 Å². The maximum absolute atomic E-state index is 12.6. The Labute approximate surface area is 195 Å². The molecule has 10 heteroatoms. The quantitative estimate of drug-likeness (QED) is 0.473. The summed E-state index contributed by atoms with van der Waals surface area (Å²) in [7, 11) is 0. The summed E-state index contributed by atoms with van der Waals surface area (Å²) in [6.07, 6.45) is 4.93. The first-order valence-corrected chi connectivity index (χ1v) is 11.4. The van der Waals surface area contributed by atoms with Crippen LogP contribution >= 0.6 is 0 Å². The summed E-state index contributed by atoms with van der Waals surface area (Å²) in [5, 5.41) is 18.8. The topological polar surface area (TPSA) is 122 Å². The van der Waals surface area contributed by atoms with Crippen LogP contribution in [0.4, 0.5) is 0 Å². The minimum atomic E-state index is -0.933. The molecule has 2 rings (SSSR count). The molecule has 2 amide bonds. The van der Waals surface area contributed by atoms with Gasteiger partial charge in [0.1, 0.15) is 6.04 Å². The molecule has 2 aliphatic heterocycles. The first-order valence-electron chi connectivity index (χ1n) is 11.4. The molecule has 0 aliphatic carbocycles. The molecule has 2 aliphatic rings. The normalized spacial score (nSPS) is 23.6. The lowest BCUT2D eigenvalue weighted by Gasteiger charge is -2.43. The van der Waals surface area contributed by atoms with Gasteiger partial charge in [-0.05, 0) is 39.3 Å². The minimum Gasteiger partial charge on any atom is -0.481 e. The van der Waals surface area contributed by atoms with Gasteiger partial charge in [0.15, 0.2) is 0 Å². The number of carboxylic acids is 2. The van der Waals surface area contributed by atoms with E-state index >= 15 is 0 Å². The summed E-state index contributed by atoms with van der Waals surface area (Å²) in [5.41, 5.74) is 0. The van der Waals surface area contributed by atoms with E-state index in [1.165, 1.54) is 12.2 Å². The zero-order chi connectivity index (χ0) is 24.7. The number of hydrogen-bond donors (Lipinski definition) is 2. The van der Waals surface area contributed by atoms with Crippen molar-refractivity contribution < 1.29 is 29.4 Å². The summed E-state index contributed by atoms with van der Waals surface area (Å²) in [5.74, 6) is -2.29. The molecule has 0 aromatic rings. The minimum absolute atomic E-state index is 0.0241. The van der Waals surface area contributed by atoms with E-state index in [-0.39, 0.29) is 42.9 Å². The van der Waals surface area contributed by atoms with Crippen molar-refractivity contribution in [2.45, 2.75) is 57.8 Å². The molecule has 0 bridgehead atoms. The van der Waals surface area contributed by atoms with Crippen molar-refractivity contribution in [1.29, 1.82) is 0 Å². The van der Waals surface area contributed by atoms with Crippen LogP contribution in [0.5, 0.6) is 0 Å². The molecule has 2 N–H and O–H groups in total. The molecule has 0 radical (unpaired) electrons. The van der Waals surface area contributed by atoms with Crippen molar-refractivity contribution in [2.24, 2.45) is 0 Å². The van der Waals surface area contributed by atoms with Crippen LogP contribution in [0, 0.1) is 0 Å². The van der Waals surface area contributed by atoms with E-state index in [0.29, 0.717) is 39.1 Å². The number of carboxylic acid groups (broad SMARTS) is 2. The second-order valence-corrected chi connectivity index (χ2v) is 8.93. The summed E-state index contributed by atoms with van der Waals surface area (Å²) in [6.45, 7) is 11.8. The van der Waals surface area contributed by atoms with Gasteiger partial charge < -0.3 is 20.0 Å². The third-order valence-corrected chi connectivity index (χ3v) is 6.41. The monoisotopic (exact) mass is 464 g/mol. The highest BCUT2D eigenvalue weighted by atomic mass is 16.4. The van der Waals surface area contributed by atoms with Gasteiger partial charge >= 0.3 is 11.9 Å². The fourth-order valence-electron chi connectivity index (χ4n) is 4.60. The van der Waals surface area contributed by atoms with Gasteiger partial charge in [-0.2, -0.15) is 0 Å². The molecule has 3 atom stereocenters. The van der Waals surface area contributed by atoms with Crippen LogP contribution in [0.3, 0.4) is 0 Å². The maximum atomic E-state index is 12.6. The van der Waals surface area contributed by atoms with E-state index in [1.807, 2.05) is 25.7 Å². The van der Waals surface area contributed by atoms with Crippen LogP contribution in [-0.2, 0) is 19.2 Å². The SMILES string of the molecule is C=CC(=O)N1CCN(C(C)C/C=C\C(=O)N2CCN(C(C)C)C(C(=O)O)C2)C(CC(=O)O)C1. The summed E-state index contributed by atoms with van der Waals surface area (Å²) in [6, 6.07) is -0.981. The Morgan fingerprint density at radius 3 is 2.09 bits per heavy atom. The molecular formula is C23H36N4O6. The van der Waals surface area contributed by atoms with Crippen molar-refractivity contribution in [3.63, 3.8) is 0 Å². The predicted octanol–water partition coefficient (Wildman–Crippen LogP) is 0.501. The second kappa shape index (κ2) is 11.9. The van der Waals surface area contributed by atoms with E-state index in [9.17, 15) is 29.4 Å². The first kappa shape index (κ1) is 26.5. The number of carbonyl (C=O) groups is 4. The largest absolute Gasteiger partial charge is 0.481 e. The molecular weight excluding hydrogens is 428 g/mol. The Morgan fingerprint density at radius 1 is 0.939 bits per heavy atom. The van der Waals surface area contributed by atoms with Crippen molar-refractivity contribution in [3.8, 4) is 0 Å². The molecule has 2 heterocycles. The molecule has 2 saturated heterocycles. The van der Waals surface area contributed by atoms with E-state index in [0.717, 1.165) is 0 Å². The number of aliphatic carboxylic acids is 2. The first-order chi connectivity index (χ1) is 15.5. The second-order valence-electron chi connectivity index (χ2n) is 8.93. The van der Waals surface area contributed by atoms with Gasteiger partial charge in [0.2, 0.25) is 11.8 Å². The van der Waals surface area contributed by atoms with Crippen LogP contribution in [-0.4, -0.2) is 117 Å². The van der Waals surface area contributed by atoms with Crippen molar-refractivity contribution >= 4 is 23.8 Å².